The zero-order chi connectivity index (χ0) is 19.3. The summed E-state index contributed by atoms with van der Waals surface area (Å²) in [7, 11) is 0. The van der Waals surface area contributed by atoms with Crippen LogP contribution in [0.4, 0.5) is 4.39 Å². The Bertz CT molecular complexity index is 1000. The molecule has 1 aliphatic rings. The minimum atomic E-state index is -0.300. The Balaban J connectivity index is 1.36. The average Bonchev–Trinajstić information content (AvgIpc) is 3.15. The summed E-state index contributed by atoms with van der Waals surface area (Å²) in [6, 6.07) is 16.0. The van der Waals surface area contributed by atoms with Crippen LogP contribution in [0.25, 0.3) is 17.2 Å². The van der Waals surface area contributed by atoms with Crippen LogP contribution in [0.5, 0.6) is 5.75 Å². The molecule has 0 fully saturated rings. The number of amides is 1. The molecule has 28 heavy (non-hydrogen) atoms. The second-order valence-electron chi connectivity index (χ2n) is 6.60. The van der Waals surface area contributed by atoms with E-state index in [0.29, 0.717) is 6.54 Å². The van der Waals surface area contributed by atoms with Gasteiger partial charge in [0.2, 0.25) is 5.91 Å². The van der Waals surface area contributed by atoms with Crippen molar-refractivity contribution in [2.45, 2.75) is 12.5 Å². The van der Waals surface area contributed by atoms with Crippen LogP contribution < -0.4 is 10.1 Å². The molecule has 2 aromatic carbocycles. The van der Waals surface area contributed by atoms with Crippen LogP contribution in [0.1, 0.15) is 11.1 Å². The molecule has 1 N–H and O–H groups in total. The topological polar surface area (TPSA) is 51.2 Å². The fraction of sp³-hybridized carbons (Fsp3) is 0.130. The summed E-state index contributed by atoms with van der Waals surface area (Å²) in [6.45, 7) is 0.414. The van der Waals surface area contributed by atoms with Gasteiger partial charge in [0, 0.05) is 30.5 Å². The smallest absolute Gasteiger partial charge is 0.244 e. The maximum absolute atomic E-state index is 12.9. The van der Waals surface area contributed by atoms with Crippen LogP contribution in [0.15, 0.2) is 73.1 Å². The zero-order valence-electron chi connectivity index (χ0n) is 15.1. The van der Waals surface area contributed by atoms with Crippen LogP contribution >= 0.6 is 0 Å². The van der Waals surface area contributed by atoms with Crippen LogP contribution in [-0.4, -0.2) is 23.5 Å². The maximum Gasteiger partial charge on any atom is 0.244 e. The van der Waals surface area contributed by atoms with Gasteiger partial charge in [0.05, 0.1) is 6.54 Å². The number of hydrogen-bond donors (Lipinski definition) is 1. The molecule has 4 rings (SSSR count). The first-order valence-electron chi connectivity index (χ1n) is 9.09. The summed E-state index contributed by atoms with van der Waals surface area (Å²) in [5, 5.41) is 2.87. The molecule has 0 spiro atoms. The Kier molecular flexibility index (Phi) is 5.15. The molecule has 0 saturated heterocycles. The van der Waals surface area contributed by atoms with Gasteiger partial charge in [-0.25, -0.2) is 4.39 Å². The van der Waals surface area contributed by atoms with Crippen molar-refractivity contribution >= 4 is 12.0 Å². The molecule has 0 bridgehead atoms. The lowest BCUT2D eigenvalue weighted by Crippen LogP contribution is -2.33. The number of para-hydroxylation sites is 1. The molecule has 0 radical (unpaired) electrons. The molecule has 5 heteroatoms. The van der Waals surface area contributed by atoms with Crippen molar-refractivity contribution in [2.24, 2.45) is 0 Å². The van der Waals surface area contributed by atoms with Crippen molar-refractivity contribution in [3.05, 3.63) is 90.0 Å². The number of aromatic nitrogens is 1. The second kappa shape index (κ2) is 8.05. The van der Waals surface area contributed by atoms with E-state index in [1.807, 2.05) is 24.3 Å². The highest BCUT2D eigenvalue weighted by atomic mass is 19.1. The predicted molar refractivity (Wildman–Crippen MR) is 106 cm³/mol. The third kappa shape index (κ3) is 4.09. The molecule has 0 aliphatic carbocycles. The number of nitrogens with one attached hydrogen (secondary N) is 1. The van der Waals surface area contributed by atoms with E-state index in [-0.39, 0.29) is 17.8 Å². The highest BCUT2D eigenvalue weighted by Gasteiger charge is 2.25. The number of pyridine rings is 1. The van der Waals surface area contributed by atoms with E-state index >= 15 is 0 Å². The molecule has 1 aromatic heterocycles. The summed E-state index contributed by atoms with van der Waals surface area (Å²) in [5.41, 5.74) is 3.99. The summed E-state index contributed by atoms with van der Waals surface area (Å²) in [5.74, 6) is 0.360. The standard InChI is InChI=1S/C23H19FN2O2/c24-19-7-4-16(5-8-19)6-9-22(27)26-15-20-14-18-2-1-3-21(23(18)28-20)17-10-12-25-13-11-17/h1-13,20H,14-15H2,(H,26,27)/b9-6+/t20-/m1/s1. The van der Waals surface area contributed by atoms with Crippen molar-refractivity contribution in [1.29, 1.82) is 0 Å². The van der Waals surface area contributed by atoms with Crippen molar-refractivity contribution in [3.8, 4) is 16.9 Å². The zero-order valence-corrected chi connectivity index (χ0v) is 15.1. The van der Waals surface area contributed by atoms with E-state index in [0.717, 1.165) is 34.4 Å². The third-order valence-corrected chi connectivity index (χ3v) is 4.62. The molecule has 1 atom stereocenters. The quantitative estimate of drug-likeness (QED) is 0.686. The van der Waals surface area contributed by atoms with Gasteiger partial charge in [0.15, 0.2) is 0 Å². The highest BCUT2D eigenvalue weighted by Crippen LogP contribution is 2.38. The normalized spacial score (nSPS) is 15.2. The summed E-state index contributed by atoms with van der Waals surface area (Å²) >= 11 is 0. The van der Waals surface area contributed by atoms with Gasteiger partial charge in [0.1, 0.15) is 17.7 Å². The Morgan fingerprint density at radius 2 is 1.93 bits per heavy atom. The highest BCUT2D eigenvalue weighted by molar-refractivity contribution is 5.91. The van der Waals surface area contributed by atoms with E-state index in [1.54, 1.807) is 30.6 Å². The average molecular weight is 374 g/mol. The van der Waals surface area contributed by atoms with Crippen LogP contribution in [0, 0.1) is 5.82 Å². The van der Waals surface area contributed by atoms with E-state index in [1.165, 1.54) is 18.2 Å². The maximum atomic E-state index is 12.9. The molecule has 1 aliphatic heterocycles. The number of halogens is 1. The Morgan fingerprint density at radius 1 is 1.14 bits per heavy atom. The minimum absolute atomic E-state index is 0.110. The largest absolute Gasteiger partial charge is 0.487 e. The fourth-order valence-electron chi connectivity index (χ4n) is 3.23. The van der Waals surface area contributed by atoms with Gasteiger partial charge in [0.25, 0.3) is 0 Å². The van der Waals surface area contributed by atoms with Gasteiger partial charge in [-0.1, -0.05) is 30.3 Å². The van der Waals surface area contributed by atoms with Crippen molar-refractivity contribution in [3.63, 3.8) is 0 Å². The SMILES string of the molecule is O=C(/C=C/c1ccc(F)cc1)NC[C@H]1Cc2cccc(-c3ccncc3)c2O1. The molecule has 3 aromatic rings. The van der Waals surface area contributed by atoms with E-state index in [4.69, 9.17) is 4.74 Å². The number of hydrogen-bond acceptors (Lipinski definition) is 3. The number of nitrogens with zero attached hydrogens (tertiary/aromatic N) is 1. The Morgan fingerprint density at radius 3 is 2.71 bits per heavy atom. The van der Waals surface area contributed by atoms with Gasteiger partial charge >= 0.3 is 0 Å². The van der Waals surface area contributed by atoms with E-state index < -0.39 is 0 Å². The van der Waals surface area contributed by atoms with Crippen molar-refractivity contribution in [1.82, 2.24) is 10.3 Å². The molecule has 1 amide bonds. The lowest BCUT2D eigenvalue weighted by atomic mass is 10.0. The predicted octanol–water partition coefficient (Wildman–Crippen LogP) is 4.02. The third-order valence-electron chi connectivity index (χ3n) is 4.62. The molecular formula is C23H19FN2O2. The van der Waals surface area contributed by atoms with Crippen LogP contribution in [0.3, 0.4) is 0 Å². The first-order valence-corrected chi connectivity index (χ1v) is 9.09. The van der Waals surface area contributed by atoms with Gasteiger partial charge in [-0.15, -0.1) is 0 Å². The molecular weight excluding hydrogens is 355 g/mol. The number of benzene rings is 2. The summed E-state index contributed by atoms with van der Waals surface area (Å²) in [4.78, 5) is 16.1. The van der Waals surface area contributed by atoms with Crippen LogP contribution in [0.2, 0.25) is 0 Å². The number of ether oxygens (including phenoxy) is 1. The van der Waals surface area contributed by atoms with Crippen molar-refractivity contribution < 1.29 is 13.9 Å². The van der Waals surface area contributed by atoms with E-state index in [9.17, 15) is 9.18 Å². The second-order valence-corrected chi connectivity index (χ2v) is 6.60. The summed E-state index contributed by atoms with van der Waals surface area (Å²) in [6.07, 6.45) is 7.25. The van der Waals surface area contributed by atoms with E-state index in [2.05, 4.69) is 16.4 Å². The fourth-order valence-corrected chi connectivity index (χ4v) is 3.23. The lowest BCUT2D eigenvalue weighted by molar-refractivity contribution is -0.116. The van der Waals surface area contributed by atoms with Gasteiger partial charge < -0.3 is 10.1 Å². The lowest BCUT2D eigenvalue weighted by Gasteiger charge is -2.13. The molecule has 4 nitrogen and oxygen atoms in total. The first kappa shape index (κ1) is 17.9. The number of carbonyl (C=O) groups is 1. The molecule has 140 valence electrons. The monoisotopic (exact) mass is 374 g/mol. The van der Waals surface area contributed by atoms with Gasteiger partial charge in [-0.2, -0.15) is 0 Å². The molecule has 2 heterocycles. The van der Waals surface area contributed by atoms with Gasteiger partial charge in [-0.3, -0.25) is 9.78 Å². The number of fused-ring (bicyclic) bond motifs is 1. The molecule has 0 unspecified atom stereocenters. The first-order chi connectivity index (χ1) is 13.7. The number of rotatable bonds is 5. The summed E-state index contributed by atoms with van der Waals surface area (Å²) < 4.78 is 19.0. The Labute approximate surface area is 162 Å². The van der Waals surface area contributed by atoms with Gasteiger partial charge in [-0.05, 0) is 47.0 Å². The minimum Gasteiger partial charge on any atom is -0.487 e. The van der Waals surface area contributed by atoms with Crippen molar-refractivity contribution in [2.75, 3.05) is 6.54 Å². The van der Waals surface area contributed by atoms with Crippen LogP contribution in [-0.2, 0) is 11.2 Å². The molecule has 0 saturated carbocycles. The Hall–Kier alpha value is -3.47. The number of carbonyl (C=O) groups excluding carboxylic acids is 1.